The number of hydrogen-bond acceptors (Lipinski definition) is 5. The average Bonchev–Trinajstić information content (AvgIpc) is 2.71. The molecule has 6 nitrogen and oxygen atoms in total. The Morgan fingerprint density at radius 1 is 1.33 bits per heavy atom. The number of nitrogens with two attached hydrogens (primary N) is 1. The van der Waals surface area contributed by atoms with Gasteiger partial charge in [-0.05, 0) is 24.7 Å². The van der Waals surface area contributed by atoms with E-state index in [0.717, 1.165) is 12.8 Å². The molecular weight excluding hydrogens is 230 g/mol. The van der Waals surface area contributed by atoms with Gasteiger partial charge in [-0.25, -0.2) is 15.8 Å². The molecule has 0 saturated heterocycles. The number of aromatic nitrogens is 2. The zero-order chi connectivity index (χ0) is 13.1. The highest BCUT2D eigenvalue weighted by Crippen LogP contribution is 2.31. The summed E-state index contributed by atoms with van der Waals surface area (Å²) in [6.07, 6.45) is 5.06. The Bertz CT molecular complexity index is 419. The van der Waals surface area contributed by atoms with Crippen LogP contribution in [0.1, 0.15) is 37.2 Å². The molecule has 1 aromatic heterocycles. The average molecular weight is 249 g/mol. The van der Waals surface area contributed by atoms with Crippen LogP contribution in [0.4, 0.5) is 5.82 Å². The lowest BCUT2D eigenvalue weighted by atomic mass is 9.98. The molecule has 98 valence electrons. The van der Waals surface area contributed by atoms with Gasteiger partial charge in [0.1, 0.15) is 5.69 Å². The van der Waals surface area contributed by atoms with Crippen molar-refractivity contribution < 1.29 is 4.79 Å². The van der Waals surface area contributed by atoms with Crippen LogP contribution < -0.4 is 16.6 Å². The minimum atomic E-state index is -0.169. The summed E-state index contributed by atoms with van der Waals surface area (Å²) in [6.45, 7) is 4.40. The van der Waals surface area contributed by atoms with Crippen LogP contribution in [-0.4, -0.2) is 21.9 Å². The molecule has 0 spiro atoms. The lowest BCUT2D eigenvalue weighted by molar-refractivity contribution is 0.0922. The van der Waals surface area contributed by atoms with Crippen LogP contribution in [0.3, 0.4) is 0 Å². The highest BCUT2D eigenvalue weighted by atomic mass is 16.1. The zero-order valence-corrected chi connectivity index (χ0v) is 10.7. The van der Waals surface area contributed by atoms with E-state index in [1.807, 2.05) is 0 Å². The van der Waals surface area contributed by atoms with Gasteiger partial charge < -0.3 is 10.7 Å². The van der Waals surface area contributed by atoms with E-state index in [-0.39, 0.29) is 11.9 Å². The summed E-state index contributed by atoms with van der Waals surface area (Å²) in [5.74, 6) is 6.62. The van der Waals surface area contributed by atoms with Crippen LogP contribution in [0.5, 0.6) is 0 Å². The van der Waals surface area contributed by atoms with E-state index in [9.17, 15) is 4.79 Å². The molecule has 1 aromatic rings. The Morgan fingerprint density at radius 2 is 2.11 bits per heavy atom. The first-order valence-electron chi connectivity index (χ1n) is 6.21. The van der Waals surface area contributed by atoms with Gasteiger partial charge in [-0.2, -0.15) is 0 Å². The maximum Gasteiger partial charge on any atom is 0.271 e. The number of nitrogen functional groups attached to an aromatic ring is 1. The van der Waals surface area contributed by atoms with Crippen LogP contribution in [0.2, 0.25) is 0 Å². The van der Waals surface area contributed by atoms with Crippen molar-refractivity contribution in [2.45, 2.75) is 32.7 Å². The molecule has 1 heterocycles. The number of amides is 1. The van der Waals surface area contributed by atoms with E-state index in [1.165, 1.54) is 12.4 Å². The number of carbonyl (C=O) groups excluding carboxylic acids is 1. The Kier molecular flexibility index (Phi) is 3.76. The Balaban J connectivity index is 1.99. The second-order valence-electron chi connectivity index (χ2n) is 4.92. The lowest BCUT2D eigenvalue weighted by Gasteiger charge is -2.19. The number of hydrogen-bond donors (Lipinski definition) is 3. The normalized spacial score (nSPS) is 26.9. The quantitative estimate of drug-likeness (QED) is 0.547. The zero-order valence-electron chi connectivity index (χ0n) is 10.7. The molecule has 4 N–H and O–H groups in total. The number of rotatable bonds is 3. The topological polar surface area (TPSA) is 92.9 Å². The van der Waals surface area contributed by atoms with Crippen molar-refractivity contribution in [3.8, 4) is 0 Å². The second kappa shape index (κ2) is 5.30. The molecule has 2 rings (SSSR count). The number of nitrogens with zero attached hydrogens (tertiary/aromatic N) is 2. The summed E-state index contributed by atoms with van der Waals surface area (Å²) in [6, 6.07) is 0.238. The summed E-state index contributed by atoms with van der Waals surface area (Å²) in [5.41, 5.74) is 2.69. The monoisotopic (exact) mass is 249 g/mol. The molecule has 6 heteroatoms. The second-order valence-corrected chi connectivity index (χ2v) is 4.92. The van der Waals surface area contributed by atoms with E-state index >= 15 is 0 Å². The van der Waals surface area contributed by atoms with Gasteiger partial charge >= 0.3 is 0 Å². The number of hydrazine groups is 1. The third-order valence-electron chi connectivity index (χ3n) is 3.81. The molecule has 1 fully saturated rings. The molecule has 18 heavy (non-hydrogen) atoms. The van der Waals surface area contributed by atoms with Gasteiger partial charge in [0.05, 0.1) is 12.4 Å². The van der Waals surface area contributed by atoms with E-state index in [4.69, 9.17) is 5.84 Å². The predicted octanol–water partition coefficient (Wildman–Crippen LogP) is 0.927. The fraction of sp³-hybridized carbons (Fsp3) is 0.583. The highest BCUT2D eigenvalue weighted by Gasteiger charge is 2.31. The van der Waals surface area contributed by atoms with Crippen LogP contribution in [0.25, 0.3) is 0 Å². The van der Waals surface area contributed by atoms with Crippen molar-refractivity contribution in [3.63, 3.8) is 0 Å². The molecular formula is C12H19N5O. The smallest absolute Gasteiger partial charge is 0.271 e. The highest BCUT2D eigenvalue weighted by molar-refractivity contribution is 5.92. The van der Waals surface area contributed by atoms with Gasteiger partial charge in [0.2, 0.25) is 0 Å². The van der Waals surface area contributed by atoms with Crippen molar-refractivity contribution in [1.29, 1.82) is 0 Å². The SMILES string of the molecule is CC1CCC(NC(=O)c2cnc(NN)cn2)C1C. The predicted molar refractivity (Wildman–Crippen MR) is 68.7 cm³/mol. The van der Waals surface area contributed by atoms with Gasteiger partial charge in [0.15, 0.2) is 5.82 Å². The van der Waals surface area contributed by atoms with E-state index in [1.54, 1.807) is 0 Å². The van der Waals surface area contributed by atoms with Gasteiger partial charge in [0, 0.05) is 6.04 Å². The van der Waals surface area contributed by atoms with Gasteiger partial charge in [-0.3, -0.25) is 4.79 Å². The largest absolute Gasteiger partial charge is 0.348 e. The maximum absolute atomic E-state index is 12.0. The minimum Gasteiger partial charge on any atom is -0.348 e. The van der Waals surface area contributed by atoms with Crippen molar-refractivity contribution in [2.24, 2.45) is 17.7 Å². The van der Waals surface area contributed by atoms with Gasteiger partial charge in [-0.15, -0.1) is 0 Å². The minimum absolute atomic E-state index is 0.169. The fourth-order valence-corrected chi connectivity index (χ4v) is 2.33. The maximum atomic E-state index is 12.0. The fourth-order valence-electron chi connectivity index (χ4n) is 2.33. The van der Waals surface area contributed by atoms with Gasteiger partial charge in [0.25, 0.3) is 5.91 Å². The standard InChI is InChI=1S/C12H19N5O/c1-7-3-4-9(8(7)2)16-12(18)10-5-15-11(17-13)6-14-10/h5-9H,3-4,13H2,1-2H3,(H,15,17)(H,16,18). The lowest BCUT2D eigenvalue weighted by Crippen LogP contribution is -2.37. The number of anilines is 1. The van der Waals surface area contributed by atoms with Crippen LogP contribution >= 0.6 is 0 Å². The summed E-state index contributed by atoms with van der Waals surface area (Å²) in [7, 11) is 0. The number of nitrogens with one attached hydrogen (secondary N) is 2. The molecule has 0 aliphatic heterocycles. The van der Waals surface area contributed by atoms with Crippen molar-refractivity contribution in [2.75, 3.05) is 5.43 Å². The third kappa shape index (κ3) is 2.59. The van der Waals surface area contributed by atoms with Crippen molar-refractivity contribution >= 4 is 11.7 Å². The molecule has 1 aliphatic rings. The Hall–Kier alpha value is -1.69. The van der Waals surface area contributed by atoms with E-state index < -0.39 is 0 Å². The molecule has 3 unspecified atom stereocenters. The third-order valence-corrected chi connectivity index (χ3v) is 3.81. The molecule has 0 radical (unpaired) electrons. The van der Waals surface area contributed by atoms with Gasteiger partial charge in [-0.1, -0.05) is 13.8 Å². The van der Waals surface area contributed by atoms with Crippen LogP contribution in [0.15, 0.2) is 12.4 Å². The summed E-state index contributed by atoms with van der Waals surface area (Å²) in [4.78, 5) is 20.0. The first kappa shape index (κ1) is 12.8. The van der Waals surface area contributed by atoms with Crippen molar-refractivity contribution in [3.05, 3.63) is 18.1 Å². The first-order valence-corrected chi connectivity index (χ1v) is 6.21. The van der Waals surface area contributed by atoms with Crippen LogP contribution in [0, 0.1) is 11.8 Å². The van der Waals surface area contributed by atoms with Crippen LogP contribution in [-0.2, 0) is 0 Å². The molecule has 0 bridgehead atoms. The molecule has 1 amide bonds. The van der Waals surface area contributed by atoms with E-state index in [0.29, 0.717) is 23.3 Å². The van der Waals surface area contributed by atoms with E-state index in [2.05, 4.69) is 34.6 Å². The summed E-state index contributed by atoms with van der Waals surface area (Å²) in [5, 5.41) is 3.02. The summed E-state index contributed by atoms with van der Waals surface area (Å²) >= 11 is 0. The Labute approximate surface area is 106 Å². The molecule has 3 atom stereocenters. The number of carbonyl (C=O) groups is 1. The summed E-state index contributed by atoms with van der Waals surface area (Å²) < 4.78 is 0. The molecule has 1 saturated carbocycles. The Morgan fingerprint density at radius 3 is 2.61 bits per heavy atom. The molecule has 0 aromatic carbocycles. The van der Waals surface area contributed by atoms with Crippen molar-refractivity contribution in [1.82, 2.24) is 15.3 Å². The first-order chi connectivity index (χ1) is 8.61. The molecule has 1 aliphatic carbocycles.